The first-order valence-corrected chi connectivity index (χ1v) is 9.30. The first kappa shape index (κ1) is 21.2. The van der Waals surface area contributed by atoms with E-state index in [9.17, 15) is 5.11 Å². The molecule has 5 N–H and O–H groups in total. The van der Waals surface area contributed by atoms with Crippen LogP contribution < -0.4 is 21.3 Å². The molecule has 0 saturated heterocycles. The number of hydrogen-bond acceptors (Lipinski definition) is 9. The summed E-state index contributed by atoms with van der Waals surface area (Å²) in [6.45, 7) is 2.89. The standard InChI is InChI=1S/C17H28N8O.ClH/c1-4-9-20-14-12-13(23-16(18-2)24-14)15(25-17(19-3)22-12)21-10-7-5-6-8-11(10)26;/h10-11,26H,4-9H2,1-3H3,(H2,18,20,23,24)(H2,19,21,22,25);1H/t10-,11+;/m0./s1. The predicted molar refractivity (Wildman–Crippen MR) is 112 cm³/mol. The summed E-state index contributed by atoms with van der Waals surface area (Å²) in [6.07, 6.45) is 4.46. The van der Waals surface area contributed by atoms with Crippen LogP contribution in [0.2, 0.25) is 0 Å². The van der Waals surface area contributed by atoms with Crippen LogP contribution in [0.1, 0.15) is 39.0 Å². The van der Waals surface area contributed by atoms with Gasteiger partial charge in [0, 0.05) is 20.6 Å². The van der Waals surface area contributed by atoms with Gasteiger partial charge in [0.25, 0.3) is 0 Å². The Morgan fingerprint density at radius 1 is 0.926 bits per heavy atom. The van der Waals surface area contributed by atoms with Crippen molar-refractivity contribution in [2.24, 2.45) is 0 Å². The monoisotopic (exact) mass is 396 g/mol. The number of halogens is 1. The maximum absolute atomic E-state index is 10.3. The molecule has 2 aromatic heterocycles. The second kappa shape index (κ2) is 9.70. The zero-order valence-corrected chi connectivity index (χ0v) is 16.9. The van der Waals surface area contributed by atoms with E-state index in [1.165, 1.54) is 0 Å². The smallest absolute Gasteiger partial charge is 0.225 e. The molecule has 0 spiro atoms. The van der Waals surface area contributed by atoms with E-state index in [2.05, 4.69) is 48.1 Å². The molecule has 3 rings (SSSR count). The lowest BCUT2D eigenvalue weighted by Crippen LogP contribution is -2.36. The van der Waals surface area contributed by atoms with Crippen molar-refractivity contribution in [2.45, 2.75) is 51.2 Å². The fraction of sp³-hybridized carbons (Fsp3) is 0.647. The summed E-state index contributed by atoms with van der Waals surface area (Å²) in [7, 11) is 3.56. The van der Waals surface area contributed by atoms with Crippen LogP contribution in [0.4, 0.5) is 23.5 Å². The molecule has 2 aromatic rings. The normalized spacial score (nSPS) is 19.3. The Bertz CT molecular complexity index is 759. The highest BCUT2D eigenvalue weighted by atomic mass is 35.5. The number of aliphatic hydroxyl groups is 1. The summed E-state index contributed by atoms with van der Waals surface area (Å²) >= 11 is 0. The Morgan fingerprint density at radius 3 is 2.11 bits per heavy atom. The fourth-order valence-electron chi connectivity index (χ4n) is 3.16. The maximum atomic E-state index is 10.3. The van der Waals surface area contributed by atoms with Gasteiger partial charge in [0.05, 0.1) is 12.1 Å². The molecule has 0 unspecified atom stereocenters. The molecule has 2 heterocycles. The quantitative estimate of drug-likeness (QED) is 0.480. The van der Waals surface area contributed by atoms with Gasteiger partial charge in [0.15, 0.2) is 11.6 Å². The maximum Gasteiger partial charge on any atom is 0.225 e. The van der Waals surface area contributed by atoms with Crippen molar-refractivity contribution in [3.8, 4) is 0 Å². The molecule has 0 radical (unpaired) electrons. The van der Waals surface area contributed by atoms with Crippen LogP contribution in [0.5, 0.6) is 0 Å². The first-order valence-electron chi connectivity index (χ1n) is 9.30. The van der Waals surface area contributed by atoms with Gasteiger partial charge in [-0.1, -0.05) is 19.8 Å². The minimum Gasteiger partial charge on any atom is -0.391 e. The largest absolute Gasteiger partial charge is 0.391 e. The van der Waals surface area contributed by atoms with Gasteiger partial charge in [-0.25, -0.2) is 9.97 Å². The summed E-state index contributed by atoms with van der Waals surface area (Å²) in [5, 5.41) is 23.0. The average Bonchev–Trinajstić information content (AvgIpc) is 2.67. The first-order chi connectivity index (χ1) is 12.7. The summed E-state index contributed by atoms with van der Waals surface area (Å²) in [5.74, 6) is 2.28. The molecule has 0 bridgehead atoms. The summed E-state index contributed by atoms with van der Waals surface area (Å²) in [5.41, 5.74) is 1.30. The third-order valence-corrected chi connectivity index (χ3v) is 4.58. The SMILES string of the molecule is CCCNc1nc(NC)nc2c(N[C@H]3CCCC[C@H]3O)nc(NC)nc12.Cl. The highest BCUT2D eigenvalue weighted by Crippen LogP contribution is 2.29. The lowest BCUT2D eigenvalue weighted by Gasteiger charge is -2.29. The van der Waals surface area contributed by atoms with Crippen LogP contribution >= 0.6 is 12.4 Å². The number of fused-ring (bicyclic) bond motifs is 1. The summed E-state index contributed by atoms with van der Waals surface area (Å²) in [6, 6.07) is -0.0355. The molecule has 1 aliphatic carbocycles. The van der Waals surface area contributed by atoms with Gasteiger partial charge in [-0.2, -0.15) is 9.97 Å². The predicted octanol–water partition coefficient (Wildman–Crippen LogP) is 2.46. The molecule has 0 aromatic carbocycles. The highest BCUT2D eigenvalue weighted by Gasteiger charge is 2.25. The van der Waals surface area contributed by atoms with E-state index >= 15 is 0 Å². The molecule has 0 aliphatic heterocycles. The fourth-order valence-corrected chi connectivity index (χ4v) is 3.16. The van der Waals surface area contributed by atoms with Gasteiger partial charge < -0.3 is 26.4 Å². The molecule has 9 nitrogen and oxygen atoms in total. The Labute approximate surface area is 165 Å². The van der Waals surface area contributed by atoms with Crippen LogP contribution in [0.25, 0.3) is 11.0 Å². The third-order valence-electron chi connectivity index (χ3n) is 4.58. The number of anilines is 4. The van der Waals surface area contributed by atoms with E-state index in [1.54, 1.807) is 14.1 Å². The van der Waals surface area contributed by atoms with Crippen molar-refractivity contribution in [1.29, 1.82) is 0 Å². The summed E-state index contributed by atoms with van der Waals surface area (Å²) < 4.78 is 0. The van der Waals surface area contributed by atoms with Crippen molar-refractivity contribution < 1.29 is 5.11 Å². The molecule has 1 aliphatic rings. The third kappa shape index (κ3) is 4.78. The van der Waals surface area contributed by atoms with Crippen LogP contribution in [0.15, 0.2) is 0 Å². The topological polar surface area (TPSA) is 120 Å². The van der Waals surface area contributed by atoms with E-state index in [0.717, 1.165) is 38.6 Å². The minimum absolute atomic E-state index is 0. The van der Waals surface area contributed by atoms with E-state index in [0.29, 0.717) is 34.6 Å². The number of aromatic nitrogens is 4. The van der Waals surface area contributed by atoms with Crippen LogP contribution in [-0.2, 0) is 0 Å². The van der Waals surface area contributed by atoms with Crippen molar-refractivity contribution >= 4 is 47.0 Å². The Hall–Kier alpha value is -2.13. The lowest BCUT2D eigenvalue weighted by atomic mass is 9.92. The van der Waals surface area contributed by atoms with E-state index in [-0.39, 0.29) is 24.6 Å². The summed E-state index contributed by atoms with van der Waals surface area (Å²) in [4.78, 5) is 18.2. The molecule has 2 atom stereocenters. The Balaban J connectivity index is 0.00000261. The van der Waals surface area contributed by atoms with E-state index in [1.807, 2.05) is 0 Å². The number of aliphatic hydroxyl groups excluding tert-OH is 1. The van der Waals surface area contributed by atoms with Gasteiger partial charge in [0.2, 0.25) is 11.9 Å². The van der Waals surface area contributed by atoms with E-state index in [4.69, 9.17) is 0 Å². The van der Waals surface area contributed by atoms with Gasteiger partial charge in [-0.05, 0) is 19.3 Å². The number of nitrogens with one attached hydrogen (secondary N) is 4. The van der Waals surface area contributed by atoms with Gasteiger partial charge in [-0.15, -0.1) is 12.4 Å². The molecule has 150 valence electrons. The van der Waals surface area contributed by atoms with Crippen LogP contribution in [0, 0.1) is 0 Å². The molecule has 1 saturated carbocycles. The number of nitrogens with zero attached hydrogens (tertiary/aromatic N) is 4. The van der Waals surface area contributed by atoms with Gasteiger partial charge >= 0.3 is 0 Å². The van der Waals surface area contributed by atoms with Gasteiger partial charge in [-0.3, -0.25) is 0 Å². The molecule has 1 fully saturated rings. The Kier molecular flexibility index (Phi) is 7.61. The second-order valence-corrected chi connectivity index (χ2v) is 6.52. The molecular formula is C17H29ClN8O. The average molecular weight is 397 g/mol. The molecule has 0 amide bonds. The van der Waals surface area contributed by atoms with Crippen LogP contribution in [0.3, 0.4) is 0 Å². The zero-order valence-electron chi connectivity index (χ0n) is 16.0. The van der Waals surface area contributed by atoms with E-state index < -0.39 is 0 Å². The lowest BCUT2D eigenvalue weighted by molar-refractivity contribution is 0.116. The van der Waals surface area contributed by atoms with Crippen molar-refractivity contribution in [3.63, 3.8) is 0 Å². The highest BCUT2D eigenvalue weighted by molar-refractivity contribution is 5.94. The zero-order chi connectivity index (χ0) is 18.5. The molecular weight excluding hydrogens is 368 g/mol. The minimum atomic E-state index is -0.380. The van der Waals surface area contributed by atoms with Crippen molar-refractivity contribution in [3.05, 3.63) is 0 Å². The van der Waals surface area contributed by atoms with Crippen molar-refractivity contribution in [2.75, 3.05) is 41.9 Å². The number of rotatable bonds is 7. The molecule has 10 heteroatoms. The molecule has 27 heavy (non-hydrogen) atoms. The second-order valence-electron chi connectivity index (χ2n) is 6.52. The van der Waals surface area contributed by atoms with Crippen molar-refractivity contribution in [1.82, 2.24) is 19.9 Å². The Morgan fingerprint density at radius 2 is 1.52 bits per heavy atom. The van der Waals surface area contributed by atoms with Crippen LogP contribution in [-0.4, -0.2) is 57.8 Å². The van der Waals surface area contributed by atoms with Gasteiger partial charge in [0.1, 0.15) is 11.0 Å². The number of hydrogen-bond donors (Lipinski definition) is 5.